The van der Waals surface area contributed by atoms with Crippen molar-refractivity contribution < 1.29 is 29.3 Å². The topological polar surface area (TPSA) is 153 Å². The van der Waals surface area contributed by atoms with E-state index in [1.54, 1.807) is 6.92 Å². The summed E-state index contributed by atoms with van der Waals surface area (Å²) >= 11 is 0. The number of carboxylic acid groups (broad SMARTS) is 2. The molecule has 0 rings (SSSR count). The van der Waals surface area contributed by atoms with E-state index in [1.165, 1.54) is 0 Å². The lowest BCUT2D eigenvalue weighted by molar-refractivity contribution is -0.144. The zero-order valence-corrected chi connectivity index (χ0v) is 8.17. The number of nitrogens with two attached hydrogens (primary N) is 2. The number of ether oxygens (including phenoxy) is 1. The van der Waals surface area contributed by atoms with Crippen LogP contribution in [0.15, 0.2) is 0 Å². The highest BCUT2D eigenvalue weighted by Crippen LogP contribution is 1.86. The second kappa shape index (κ2) is 8.75. The van der Waals surface area contributed by atoms with Crippen LogP contribution in [0.1, 0.15) is 13.3 Å². The first kappa shape index (κ1) is 15.6. The maximum Gasteiger partial charge on any atom is 0.404 e. The quantitative estimate of drug-likeness (QED) is 0.474. The molecule has 1 amide bonds. The maximum atomic E-state index is 9.85. The minimum atomic E-state index is -1.29. The van der Waals surface area contributed by atoms with Gasteiger partial charge in [-0.15, -0.1) is 0 Å². The fourth-order valence-corrected chi connectivity index (χ4v) is 0.418. The van der Waals surface area contributed by atoms with Gasteiger partial charge in [-0.2, -0.15) is 0 Å². The molecule has 0 spiro atoms. The molecule has 0 aromatic carbocycles. The summed E-state index contributed by atoms with van der Waals surface area (Å²) < 4.78 is 4.18. The minimum absolute atomic E-state index is 0.356. The average molecular weight is 222 g/mol. The van der Waals surface area contributed by atoms with Crippen LogP contribution >= 0.6 is 0 Å². The highest BCUT2D eigenvalue weighted by atomic mass is 16.5. The van der Waals surface area contributed by atoms with E-state index in [4.69, 9.17) is 15.9 Å². The standard InChI is InChI=1S/C4H7NO4.C3H7NO2/c5-2(4(8)9)1-3(6)7;1-2-6-3(4)5/h2H,1,5H2,(H,6,7)(H,8,9);2H2,1H3,(H2,4,5). The van der Waals surface area contributed by atoms with Crippen molar-refractivity contribution in [1.29, 1.82) is 0 Å². The maximum absolute atomic E-state index is 9.85. The van der Waals surface area contributed by atoms with Gasteiger partial charge >= 0.3 is 18.0 Å². The fraction of sp³-hybridized carbons (Fsp3) is 0.571. The lowest BCUT2D eigenvalue weighted by Gasteiger charge is -1.99. The van der Waals surface area contributed by atoms with Gasteiger partial charge in [-0.1, -0.05) is 0 Å². The number of primary amides is 1. The fourth-order valence-electron chi connectivity index (χ4n) is 0.418. The molecule has 0 aliphatic heterocycles. The molecule has 8 nitrogen and oxygen atoms in total. The van der Waals surface area contributed by atoms with Crippen LogP contribution in [0.5, 0.6) is 0 Å². The normalized spacial score (nSPS) is 10.5. The van der Waals surface area contributed by atoms with Crippen LogP contribution in [0.25, 0.3) is 0 Å². The summed E-state index contributed by atoms with van der Waals surface area (Å²) in [6.45, 7) is 2.06. The van der Waals surface area contributed by atoms with Crippen molar-refractivity contribution in [3.63, 3.8) is 0 Å². The Morgan fingerprint density at radius 1 is 1.33 bits per heavy atom. The van der Waals surface area contributed by atoms with E-state index in [-0.39, 0.29) is 0 Å². The molecule has 8 heteroatoms. The minimum Gasteiger partial charge on any atom is -0.481 e. The van der Waals surface area contributed by atoms with Crippen LogP contribution in [0, 0.1) is 0 Å². The van der Waals surface area contributed by atoms with Crippen molar-refractivity contribution >= 4 is 18.0 Å². The van der Waals surface area contributed by atoms with E-state index >= 15 is 0 Å². The summed E-state index contributed by atoms with van der Waals surface area (Å²) in [6.07, 6.45) is -1.24. The van der Waals surface area contributed by atoms with Gasteiger partial charge in [0.05, 0.1) is 13.0 Å². The van der Waals surface area contributed by atoms with Gasteiger partial charge in [0, 0.05) is 0 Å². The van der Waals surface area contributed by atoms with Crippen LogP contribution in [0.4, 0.5) is 4.79 Å². The van der Waals surface area contributed by atoms with Gasteiger partial charge in [-0.05, 0) is 6.92 Å². The molecule has 0 aromatic heterocycles. The first-order valence-corrected chi connectivity index (χ1v) is 3.93. The molecule has 0 heterocycles. The Balaban J connectivity index is 0. The second-order valence-corrected chi connectivity index (χ2v) is 2.29. The molecule has 0 bridgehead atoms. The Labute approximate surface area is 85.8 Å². The monoisotopic (exact) mass is 222 g/mol. The molecular formula is C7H14N2O6. The van der Waals surface area contributed by atoms with Crippen molar-refractivity contribution in [2.75, 3.05) is 6.61 Å². The molecule has 6 N–H and O–H groups in total. The van der Waals surface area contributed by atoms with Crippen LogP contribution in [0.2, 0.25) is 0 Å². The second-order valence-electron chi connectivity index (χ2n) is 2.29. The third kappa shape index (κ3) is 15.0. The third-order valence-electron chi connectivity index (χ3n) is 0.998. The summed E-state index contributed by atoms with van der Waals surface area (Å²) in [7, 11) is 0. The first-order chi connectivity index (χ1) is 6.81. The number of hydrogen-bond donors (Lipinski definition) is 4. The molecule has 1 atom stereocenters. The number of hydrogen-bond acceptors (Lipinski definition) is 5. The number of carbonyl (C=O) groups is 3. The van der Waals surface area contributed by atoms with Crippen molar-refractivity contribution in [2.45, 2.75) is 19.4 Å². The van der Waals surface area contributed by atoms with Crippen LogP contribution in [-0.4, -0.2) is 40.9 Å². The summed E-state index contributed by atoms with van der Waals surface area (Å²) in [5, 5.41) is 16.0. The molecule has 15 heavy (non-hydrogen) atoms. The molecule has 0 radical (unpaired) electrons. The zero-order chi connectivity index (χ0) is 12.4. The number of rotatable bonds is 4. The van der Waals surface area contributed by atoms with Gasteiger partial charge in [0.15, 0.2) is 0 Å². The van der Waals surface area contributed by atoms with Gasteiger partial charge in [-0.3, -0.25) is 9.59 Å². The molecule has 0 saturated heterocycles. The Morgan fingerprint density at radius 2 is 1.80 bits per heavy atom. The summed E-state index contributed by atoms with van der Waals surface area (Å²) in [6, 6.07) is -1.29. The molecule has 0 aliphatic rings. The predicted molar refractivity (Wildman–Crippen MR) is 49.1 cm³/mol. The number of amides is 1. The van der Waals surface area contributed by atoms with E-state index in [2.05, 4.69) is 10.5 Å². The lowest BCUT2D eigenvalue weighted by Crippen LogP contribution is -2.32. The molecule has 0 saturated carbocycles. The third-order valence-corrected chi connectivity index (χ3v) is 0.998. The van der Waals surface area contributed by atoms with Crippen LogP contribution in [0.3, 0.4) is 0 Å². The highest BCUT2D eigenvalue weighted by Gasteiger charge is 2.14. The molecule has 0 aliphatic carbocycles. The highest BCUT2D eigenvalue weighted by molar-refractivity contribution is 5.80. The van der Waals surface area contributed by atoms with E-state index in [0.29, 0.717) is 6.61 Å². The van der Waals surface area contributed by atoms with Crippen LogP contribution < -0.4 is 11.5 Å². The van der Waals surface area contributed by atoms with Gasteiger partial charge in [0.1, 0.15) is 6.04 Å². The largest absolute Gasteiger partial charge is 0.481 e. The van der Waals surface area contributed by atoms with E-state index in [1.807, 2.05) is 0 Å². The van der Waals surface area contributed by atoms with Gasteiger partial charge in [0.25, 0.3) is 0 Å². The van der Waals surface area contributed by atoms with Crippen molar-refractivity contribution in [1.82, 2.24) is 0 Å². The molecule has 1 unspecified atom stereocenters. The SMILES string of the molecule is CCOC(N)=O.NC(CC(=O)O)C(=O)O. The molecule has 0 fully saturated rings. The van der Waals surface area contributed by atoms with E-state index in [9.17, 15) is 14.4 Å². The Hall–Kier alpha value is -1.83. The Kier molecular flexibility index (Phi) is 9.12. The Bertz CT molecular complexity index is 230. The molecule has 88 valence electrons. The van der Waals surface area contributed by atoms with Gasteiger partial charge in [0.2, 0.25) is 0 Å². The van der Waals surface area contributed by atoms with Gasteiger partial charge in [-0.25, -0.2) is 4.79 Å². The molecule has 0 aromatic rings. The summed E-state index contributed by atoms with van der Waals surface area (Å²) in [5.41, 5.74) is 9.38. The van der Waals surface area contributed by atoms with Crippen molar-refractivity contribution in [2.24, 2.45) is 11.5 Å². The van der Waals surface area contributed by atoms with E-state index < -0.39 is 30.5 Å². The smallest absolute Gasteiger partial charge is 0.404 e. The Morgan fingerprint density at radius 3 is 1.87 bits per heavy atom. The van der Waals surface area contributed by atoms with Crippen molar-refractivity contribution in [3.8, 4) is 0 Å². The predicted octanol–water partition coefficient (Wildman–Crippen LogP) is -1.03. The summed E-state index contributed by atoms with van der Waals surface area (Å²) in [5.74, 6) is -2.50. The zero-order valence-electron chi connectivity index (χ0n) is 8.17. The average Bonchev–Trinajstić information content (AvgIpc) is 2.03. The summed E-state index contributed by atoms with van der Waals surface area (Å²) in [4.78, 5) is 29.2. The molecular weight excluding hydrogens is 208 g/mol. The van der Waals surface area contributed by atoms with E-state index in [0.717, 1.165) is 0 Å². The number of carbonyl (C=O) groups excluding carboxylic acids is 1. The van der Waals surface area contributed by atoms with Crippen LogP contribution in [-0.2, 0) is 14.3 Å². The van der Waals surface area contributed by atoms with Crippen molar-refractivity contribution in [3.05, 3.63) is 0 Å². The first-order valence-electron chi connectivity index (χ1n) is 3.93. The number of aliphatic carboxylic acids is 2. The lowest BCUT2D eigenvalue weighted by atomic mass is 10.2. The number of carboxylic acids is 2. The van der Waals surface area contributed by atoms with Gasteiger partial charge < -0.3 is 26.4 Å².